The molecule has 218 valence electrons. The molecule has 0 saturated carbocycles. The van der Waals surface area contributed by atoms with E-state index in [2.05, 4.69) is 38.7 Å². The van der Waals surface area contributed by atoms with Crippen molar-refractivity contribution >= 4 is 46.1 Å². The molecule has 0 aromatic carbocycles. The van der Waals surface area contributed by atoms with Gasteiger partial charge in [0.05, 0.1) is 17.0 Å². The van der Waals surface area contributed by atoms with Gasteiger partial charge in [-0.2, -0.15) is 0 Å². The molecule has 1 fully saturated rings. The third-order valence-corrected chi connectivity index (χ3v) is 7.50. The van der Waals surface area contributed by atoms with Crippen LogP contribution in [0.25, 0.3) is 0 Å². The van der Waals surface area contributed by atoms with Crippen LogP contribution in [-0.4, -0.2) is 45.8 Å². The number of piperidine rings is 1. The first-order chi connectivity index (χ1) is 19.5. The number of thiazole rings is 1. The molecule has 12 heteroatoms. The van der Waals surface area contributed by atoms with E-state index >= 15 is 0 Å². The summed E-state index contributed by atoms with van der Waals surface area (Å²) in [5.41, 5.74) is 6.41. The van der Waals surface area contributed by atoms with Gasteiger partial charge in [-0.1, -0.05) is 62.2 Å². The molecule has 3 aromatic rings. The highest BCUT2D eigenvalue weighted by molar-refractivity contribution is 7.99. The fourth-order valence-electron chi connectivity index (χ4n) is 3.25. The largest absolute Gasteiger partial charge is 0.383 e. The van der Waals surface area contributed by atoms with Gasteiger partial charge in [0.2, 0.25) is 0 Å². The van der Waals surface area contributed by atoms with Crippen LogP contribution in [0.15, 0.2) is 94.4 Å². The monoisotopic (exact) mass is 608 g/mol. The Morgan fingerprint density at radius 2 is 1.85 bits per heavy atom. The fraction of sp³-hybridized carbons (Fsp3) is 0.321. The van der Waals surface area contributed by atoms with Crippen molar-refractivity contribution in [3.8, 4) is 0 Å². The molecule has 1 aliphatic rings. The minimum absolute atomic E-state index is 0.370. The number of pyridine rings is 2. The highest BCUT2D eigenvalue weighted by Crippen LogP contribution is 2.30. The van der Waals surface area contributed by atoms with Crippen LogP contribution in [0.3, 0.4) is 0 Å². The van der Waals surface area contributed by atoms with Crippen LogP contribution in [0, 0.1) is 0 Å². The van der Waals surface area contributed by atoms with E-state index in [9.17, 15) is 8.78 Å². The summed E-state index contributed by atoms with van der Waals surface area (Å²) in [6.07, 6.45) is 8.59. The molecule has 1 saturated heterocycles. The number of allylic oxidation sites excluding steroid dienone is 4. The second kappa shape index (κ2) is 21.0. The van der Waals surface area contributed by atoms with Crippen LogP contribution in [0.1, 0.15) is 31.6 Å². The molecule has 0 aliphatic carbocycles. The minimum atomic E-state index is -0.370. The second-order valence-electron chi connectivity index (χ2n) is 7.65. The third-order valence-electron chi connectivity index (χ3n) is 5.14. The van der Waals surface area contributed by atoms with E-state index in [0.717, 1.165) is 50.9 Å². The second-order valence-corrected chi connectivity index (χ2v) is 10.4. The molecule has 40 heavy (non-hydrogen) atoms. The summed E-state index contributed by atoms with van der Waals surface area (Å²) in [5, 5.41) is 9.31. The molecular weight excluding hydrogens is 571 g/mol. The number of nitrogens with zero attached hydrogens (tertiary/aromatic N) is 3. The number of halogens is 2. The summed E-state index contributed by atoms with van der Waals surface area (Å²) < 4.78 is 31.9. The summed E-state index contributed by atoms with van der Waals surface area (Å²) in [5.74, 6) is 0.0818. The summed E-state index contributed by atoms with van der Waals surface area (Å²) >= 11 is 3.66. The van der Waals surface area contributed by atoms with Crippen molar-refractivity contribution in [1.29, 1.82) is 0 Å². The van der Waals surface area contributed by atoms with Gasteiger partial charge in [-0.3, -0.25) is 4.39 Å². The molecule has 0 spiro atoms. The molecule has 7 nitrogen and oxygen atoms in total. The number of rotatable bonds is 9. The normalized spacial score (nSPS) is 13.2. The van der Waals surface area contributed by atoms with Crippen molar-refractivity contribution in [3.63, 3.8) is 0 Å². The van der Waals surface area contributed by atoms with Crippen LogP contribution in [-0.2, 0) is 6.42 Å². The minimum Gasteiger partial charge on any atom is -0.383 e. The summed E-state index contributed by atoms with van der Waals surface area (Å²) in [6, 6.07) is 9.85. The average Bonchev–Trinajstić information content (AvgIpc) is 3.37. The SMILES string of the molecule is C=C/C(F)=C(\C=C)Cc1sc(NC2CCNCC2)nc1N.CC.CF.OSc1ccc(Sc2ccccn2)nc1. The number of nitrogens with two attached hydrogens (primary N) is 1. The van der Waals surface area contributed by atoms with Gasteiger partial charge in [-0.25, -0.2) is 19.3 Å². The quantitative estimate of drug-likeness (QED) is 0.143. The van der Waals surface area contributed by atoms with E-state index in [0.29, 0.717) is 43.1 Å². The molecule has 3 aromatic heterocycles. The van der Waals surface area contributed by atoms with Gasteiger partial charge in [0.1, 0.15) is 21.7 Å². The summed E-state index contributed by atoms with van der Waals surface area (Å²) in [6.45, 7) is 13.1. The zero-order chi connectivity index (χ0) is 29.8. The number of hydrogen-bond acceptors (Lipinski definition) is 10. The molecule has 5 N–H and O–H groups in total. The van der Waals surface area contributed by atoms with E-state index in [1.807, 2.05) is 44.2 Å². The van der Waals surface area contributed by atoms with Crippen molar-refractivity contribution in [3.05, 3.63) is 84.3 Å². The van der Waals surface area contributed by atoms with Crippen molar-refractivity contribution in [2.75, 3.05) is 31.3 Å². The maximum atomic E-state index is 13.6. The van der Waals surface area contributed by atoms with Crippen LogP contribution in [0.2, 0.25) is 0 Å². The van der Waals surface area contributed by atoms with Gasteiger partial charge >= 0.3 is 0 Å². The molecule has 4 rings (SSSR count). The van der Waals surface area contributed by atoms with E-state index in [1.54, 1.807) is 12.4 Å². The number of hydrogen-bond donors (Lipinski definition) is 4. The van der Waals surface area contributed by atoms with Crippen LogP contribution in [0.5, 0.6) is 0 Å². The van der Waals surface area contributed by atoms with Crippen molar-refractivity contribution in [1.82, 2.24) is 20.3 Å². The standard InChI is InChI=1S/C15H21FN4S.C10H8N2OS2.C2H6.CH3F/c1-3-10(12(16)4-2)9-13-14(17)20-15(21-13)19-11-5-7-18-8-6-11;13-15-8-4-5-10(12-7-8)14-9-3-1-2-6-11-9;2*1-2/h3-4,11,18H,1-2,5-9,17H2,(H,19,20);1-7,13H;1-2H3;1H3/b12-10-;;;. The van der Waals surface area contributed by atoms with Gasteiger partial charge < -0.3 is 20.9 Å². The van der Waals surface area contributed by atoms with Gasteiger partial charge in [-0.05, 0) is 61.8 Å². The van der Waals surface area contributed by atoms with Gasteiger partial charge in [0.15, 0.2) is 5.13 Å². The lowest BCUT2D eigenvalue weighted by Crippen LogP contribution is -2.35. The molecule has 0 radical (unpaired) electrons. The molecule has 1 aliphatic heterocycles. The zero-order valence-electron chi connectivity index (χ0n) is 23.1. The predicted molar refractivity (Wildman–Crippen MR) is 168 cm³/mol. The molecule has 0 atom stereocenters. The van der Waals surface area contributed by atoms with E-state index in [4.69, 9.17) is 10.3 Å². The summed E-state index contributed by atoms with van der Waals surface area (Å²) in [7, 11) is 0.500. The molecular formula is C28H38F2N6OS3. The first-order valence-corrected chi connectivity index (χ1v) is 15.0. The molecule has 0 bridgehead atoms. The number of nitrogen functional groups attached to an aromatic ring is 1. The Hall–Kier alpha value is -2.77. The van der Waals surface area contributed by atoms with Crippen molar-refractivity contribution in [2.24, 2.45) is 0 Å². The molecule has 4 heterocycles. The van der Waals surface area contributed by atoms with Crippen molar-refractivity contribution in [2.45, 2.75) is 54.1 Å². The predicted octanol–water partition coefficient (Wildman–Crippen LogP) is 7.83. The molecule has 0 unspecified atom stereocenters. The van der Waals surface area contributed by atoms with Gasteiger partial charge in [0.25, 0.3) is 0 Å². The van der Waals surface area contributed by atoms with Gasteiger partial charge in [0, 0.05) is 36.9 Å². The zero-order valence-corrected chi connectivity index (χ0v) is 25.5. The van der Waals surface area contributed by atoms with Crippen molar-refractivity contribution < 1.29 is 13.3 Å². The maximum Gasteiger partial charge on any atom is 0.185 e. The Morgan fingerprint density at radius 3 is 2.40 bits per heavy atom. The lowest BCUT2D eigenvalue weighted by atomic mass is 10.1. The third kappa shape index (κ3) is 12.6. The highest BCUT2D eigenvalue weighted by Gasteiger charge is 2.16. The Morgan fingerprint density at radius 1 is 1.15 bits per heavy atom. The first kappa shape index (κ1) is 35.3. The van der Waals surface area contributed by atoms with E-state index < -0.39 is 0 Å². The highest BCUT2D eigenvalue weighted by atomic mass is 32.2. The number of alkyl halides is 1. The van der Waals surface area contributed by atoms with E-state index in [-0.39, 0.29) is 5.83 Å². The van der Waals surface area contributed by atoms with Gasteiger partial charge in [-0.15, -0.1) is 0 Å². The summed E-state index contributed by atoms with van der Waals surface area (Å²) in [4.78, 5) is 14.3. The Kier molecular flexibility index (Phi) is 18.5. The smallest absolute Gasteiger partial charge is 0.185 e. The number of anilines is 2. The first-order valence-electron chi connectivity index (χ1n) is 12.6. The Balaban J connectivity index is 0.000000370. The maximum absolute atomic E-state index is 13.6. The Labute approximate surface area is 248 Å². The van der Waals surface area contributed by atoms with Crippen LogP contribution >= 0.6 is 35.1 Å². The fourth-order valence-corrected chi connectivity index (χ4v) is 5.17. The molecule has 0 amide bonds. The van der Waals surface area contributed by atoms with Crippen LogP contribution < -0.4 is 16.4 Å². The average molecular weight is 609 g/mol. The lowest BCUT2D eigenvalue weighted by molar-refractivity contribution is 0.479. The van der Waals surface area contributed by atoms with Crippen LogP contribution in [0.4, 0.5) is 19.7 Å². The lowest BCUT2D eigenvalue weighted by Gasteiger charge is -2.23. The Bertz CT molecular complexity index is 1150. The topological polar surface area (TPSA) is 109 Å². The number of nitrogens with one attached hydrogen (secondary N) is 2. The number of aromatic nitrogens is 3. The van der Waals surface area contributed by atoms with E-state index in [1.165, 1.54) is 35.3 Å².